The predicted octanol–water partition coefficient (Wildman–Crippen LogP) is 2.48. The average molecular weight is 387 g/mol. The van der Waals surface area contributed by atoms with Crippen molar-refractivity contribution in [3.63, 3.8) is 0 Å². The number of anilines is 1. The zero-order chi connectivity index (χ0) is 16.1. The van der Waals surface area contributed by atoms with Gasteiger partial charge in [-0.1, -0.05) is 0 Å². The number of nitrogens with zero attached hydrogens (tertiary/aromatic N) is 3. The van der Waals surface area contributed by atoms with Gasteiger partial charge in [-0.15, -0.1) is 11.3 Å². The van der Waals surface area contributed by atoms with Crippen LogP contribution in [0.4, 0.5) is 5.13 Å². The van der Waals surface area contributed by atoms with Gasteiger partial charge in [-0.25, -0.2) is 4.98 Å². The van der Waals surface area contributed by atoms with Crippen molar-refractivity contribution in [2.45, 2.75) is 26.8 Å². The molecule has 0 aliphatic heterocycles. The molecule has 0 saturated heterocycles. The molecule has 0 saturated carbocycles. The fraction of sp³-hybridized carbons (Fsp3) is 0.385. The summed E-state index contributed by atoms with van der Waals surface area (Å²) in [5.41, 5.74) is 1.01. The molecule has 118 valence electrons. The van der Waals surface area contributed by atoms with Crippen molar-refractivity contribution in [2.24, 2.45) is 0 Å². The van der Waals surface area contributed by atoms with Crippen molar-refractivity contribution in [3.8, 4) is 0 Å². The number of hydrogen-bond acceptors (Lipinski definition) is 6. The van der Waals surface area contributed by atoms with Crippen LogP contribution in [0.1, 0.15) is 30.0 Å². The van der Waals surface area contributed by atoms with Crippen LogP contribution < -0.4 is 5.32 Å². The maximum atomic E-state index is 12.3. The van der Waals surface area contributed by atoms with Crippen molar-refractivity contribution in [1.82, 2.24) is 14.8 Å². The first-order valence-electron chi connectivity index (χ1n) is 6.67. The minimum absolute atomic E-state index is 0.0940. The maximum absolute atomic E-state index is 12.3. The molecule has 0 fully saturated rings. The van der Waals surface area contributed by atoms with E-state index >= 15 is 0 Å². The smallest absolute Gasteiger partial charge is 0.311 e. The second kappa shape index (κ2) is 7.50. The normalized spacial score (nSPS) is 10.5. The molecule has 0 bridgehead atoms. The van der Waals surface area contributed by atoms with E-state index in [0.29, 0.717) is 34.1 Å². The van der Waals surface area contributed by atoms with E-state index in [1.165, 1.54) is 11.3 Å². The van der Waals surface area contributed by atoms with E-state index in [1.54, 1.807) is 23.2 Å². The summed E-state index contributed by atoms with van der Waals surface area (Å²) in [5.74, 6) is -0.638. The van der Waals surface area contributed by atoms with Gasteiger partial charge in [0.1, 0.15) is 5.69 Å². The first kappa shape index (κ1) is 16.6. The summed E-state index contributed by atoms with van der Waals surface area (Å²) in [6.07, 6.45) is 1.67. The van der Waals surface area contributed by atoms with Gasteiger partial charge in [0.15, 0.2) is 5.13 Å². The molecular weight excluding hydrogens is 372 g/mol. The molecular formula is C13H15BrN4O3S. The first-order chi connectivity index (χ1) is 10.5. The Hall–Kier alpha value is -1.74. The van der Waals surface area contributed by atoms with Crippen LogP contribution in [-0.4, -0.2) is 33.2 Å². The predicted molar refractivity (Wildman–Crippen MR) is 86.0 cm³/mol. The standard InChI is InChI=1S/C13H15BrN4O3S/c1-3-18-11(9(14)6-15-18)12(20)17-13-16-8(7-22-13)5-10(19)21-4-2/h6-7H,3-5H2,1-2H3,(H,16,17,20). The van der Waals surface area contributed by atoms with Crippen molar-refractivity contribution in [3.05, 3.63) is 27.4 Å². The molecule has 2 heterocycles. The number of rotatable bonds is 6. The molecule has 1 N–H and O–H groups in total. The molecule has 7 nitrogen and oxygen atoms in total. The van der Waals surface area contributed by atoms with Gasteiger partial charge in [0.2, 0.25) is 0 Å². The number of esters is 1. The van der Waals surface area contributed by atoms with Crippen LogP contribution in [0.5, 0.6) is 0 Å². The minimum atomic E-state index is -0.336. The minimum Gasteiger partial charge on any atom is -0.466 e. The number of hydrogen-bond donors (Lipinski definition) is 1. The zero-order valence-corrected chi connectivity index (χ0v) is 14.5. The molecule has 0 aromatic carbocycles. The highest BCUT2D eigenvalue weighted by Crippen LogP contribution is 2.20. The van der Waals surface area contributed by atoms with E-state index in [9.17, 15) is 9.59 Å². The molecule has 0 atom stereocenters. The third kappa shape index (κ3) is 3.92. The van der Waals surface area contributed by atoms with Crippen LogP contribution in [0.25, 0.3) is 0 Å². The quantitative estimate of drug-likeness (QED) is 0.770. The Morgan fingerprint density at radius 3 is 2.91 bits per heavy atom. The summed E-state index contributed by atoms with van der Waals surface area (Å²) in [6.45, 7) is 4.57. The number of amides is 1. The van der Waals surface area contributed by atoms with Crippen LogP contribution >= 0.6 is 27.3 Å². The number of carbonyl (C=O) groups excluding carboxylic acids is 2. The highest BCUT2D eigenvalue weighted by Gasteiger charge is 2.18. The summed E-state index contributed by atoms with van der Waals surface area (Å²) in [4.78, 5) is 27.9. The van der Waals surface area contributed by atoms with Crippen LogP contribution in [0.3, 0.4) is 0 Å². The monoisotopic (exact) mass is 386 g/mol. The lowest BCUT2D eigenvalue weighted by molar-refractivity contribution is -0.142. The van der Waals surface area contributed by atoms with Gasteiger partial charge >= 0.3 is 5.97 Å². The lowest BCUT2D eigenvalue weighted by Crippen LogP contribution is -2.18. The third-order valence-electron chi connectivity index (χ3n) is 2.71. The average Bonchev–Trinajstić information content (AvgIpc) is 3.05. The lowest BCUT2D eigenvalue weighted by Gasteiger charge is -2.05. The fourth-order valence-corrected chi connectivity index (χ4v) is 2.97. The molecule has 9 heteroatoms. The van der Waals surface area contributed by atoms with E-state index < -0.39 is 0 Å². The van der Waals surface area contributed by atoms with E-state index in [0.717, 1.165) is 0 Å². The van der Waals surface area contributed by atoms with Gasteiger partial charge in [-0.2, -0.15) is 5.10 Å². The summed E-state index contributed by atoms with van der Waals surface area (Å²) < 4.78 is 7.07. The summed E-state index contributed by atoms with van der Waals surface area (Å²) in [5, 5.41) is 8.96. The van der Waals surface area contributed by atoms with Gasteiger partial charge in [0.25, 0.3) is 5.91 Å². The Morgan fingerprint density at radius 1 is 1.45 bits per heavy atom. The Bertz CT molecular complexity index is 683. The Kier molecular flexibility index (Phi) is 5.67. The first-order valence-corrected chi connectivity index (χ1v) is 8.35. The van der Waals surface area contributed by atoms with Crippen LogP contribution in [0, 0.1) is 0 Å². The number of carbonyl (C=O) groups is 2. The SMILES string of the molecule is CCOC(=O)Cc1csc(NC(=O)c2c(Br)cnn2CC)n1. The molecule has 0 spiro atoms. The summed E-state index contributed by atoms with van der Waals surface area (Å²) in [7, 11) is 0. The fourth-order valence-electron chi connectivity index (χ4n) is 1.79. The van der Waals surface area contributed by atoms with Gasteiger partial charge in [-0.05, 0) is 29.8 Å². The van der Waals surface area contributed by atoms with Crippen molar-refractivity contribution >= 4 is 44.3 Å². The molecule has 0 aliphatic carbocycles. The highest BCUT2D eigenvalue weighted by atomic mass is 79.9. The Balaban J connectivity index is 2.05. The van der Waals surface area contributed by atoms with Gasteiger partial charge < -0.3 is 4.74 Å². The Morgan fingerprint density at radius 2 is 2.23 bits per heavy atom. The van der Waals surface area contributed by atoms with Crippen LogP contribution in [0.15, 0.2) is 16.0 Å². The number of thiazole rings is 1. The molecule has 0 unspecified atom stereocenters. The van der Waals surface area contributed by atoms with Crippen LogP contribution in [0.2, 0.25) is 0 Å². The van der Waals surface area contributed by atoms with Crippen molar-refractivity contribution < 1.29 is 14.3 Å². The van der Waals surface area contributed by atoms with Gasteiger partial charge in [0.05, 0.1) is 29.4 Å². The molecule has 2 aromatic rings. The molecule has 22 heavy (non-hydrogen) atoms. The van der Waals surface area contributed by atoms with Crippen LogP contribution in [-0.2, 0) is 22.5 Å². The molecule has 0 aliphatic rings. The van der Waals surface area contributed by atoms with Crippen molar-refractivity contribution in [2.75, 3.05) is 11.9 Å². The van der Waals surface area contributed by atoms with E-state index in [2.05, 4.69) is 31.3 Å². The summed E-state index contributed by atoms with van der Waals surface area (Å²) >= 11 is 4.56. The maximum Gasteiger partial charge on any atom is 0.311 e. The second-order valence-electron chi connectivity index (χ2n) is 4.24. The highest BCUT2D eigenvalue weighted by molar-refractivity contribution is 9.10. The van der Waals surface area contributed by atoms with Gasteiger partial charge in [0, 0.05) is 11.9 Å². The number of aromatic nitrogens is 3. The van der Waals surface area contributed by atoms with Gasteiger partial charge in [-0.3, -0.25) is 19.6 Å². The Labute approximate surface area is 139 Å². The number of nitrogens with one attached hydrogen (secondary N) is 1. The molecule has 2 aromatic heterocycles. The number of ether oxygens (including phenoxy) is 1. The third-order valence-corrected chi connectivity index (χ3v) is 4.10. The second-order valence-corrected chi connectivity index (χ2v) is 5.95. The lowest BCUT2D eigenvalue weighted by atomic mass is 10.3. The van der Waals surface area contributed by atoms with E-state index in [-0.39, 0.29) is 18.3 Å². The summed E-state index contributed by atoms with van der Waals surface area (Å²) in [6, 6.07) is 0. The van der Waals surface area contributed by atoms with E-state index in [1.807, 2.05) is 6.92 Å². The van der Waals surface area contributed by atoms with E-state index in [4.69, 9.17) is 4.74 Å². The molecule has 0 radical (unpaired) electrons. The molecule has 2 rings (SSSR count). The largest absolute Gasteiger partial charge is 0.466 e. The number of aryl methyl sites for hydroxylation is 1. The zero-order valence-electron chi connectivity index (χ0n) is 12.1. The number of halogens is 1. The topological polar surface area (TPSA) is 86.1 Å². The van der Waals surface area contributed by atoms with Crippen molar-refractivity contribution in [1.29, 1.82) is 0 Å². The molecule has 1 amide bonds.